The van der Waals surface area contributed by atoms with Crippen molar-refractivity contribution >= 4 is 34.1 Å². The second kappa shape index (κ2) is 5.88. The molecule has 2 N–H and O–H groups in total. The van der Waals surface area contributed by atoms with Gasteiger partial charge in [-0.2, -0.15) is 0 Å². The summed E-state index contributed by atoms with van der Waals surface area (Å²) < 4.78 is 3.13. The molecule has 0 fully saturated rings. The summed E-state index contributed by atoms with van der Waals surface area (Å²) in [5, 5.41) is 8.42. The molecule has 0 radical (unpaired) electrons. The summed E-state index contributed by atoms with van der Waals surface area (Å²) in [5.41, 5.74) is 2.96. The lowest BCUT2D eigenvalue weighted by molar-refractivity contribution is 0.251. The zero-order valence-corrected chi connectivity index (χ0v) is 13.9. The van der Waals surface area contributed by atoms with Crippen LogP contribution in [-0.2, 0) is 20.6 Å². The van der Waals surface area contributed by atoms with E-state index in [-0.39, 0.29) is 11.7 Å². The van der Waals surface area contributed by atoms with Crippen molar-refractivity contribution in [2.45, 2.75) is 13.5 Å². The van der Waals surface area contributed by atoms with Crippen LogP contribution >= 0.6 is 11.3 Å². The highest BCUT2D eigenvalue weighted by Crippen LogP contribution is 2.17. The number of aromatic nitrogens is 3. The molecule has 1 aromatic carbocycles. The van der Waals surface area contributed by atoms with Crippen molar-refractivity contribution in [1.29, 1.82) is 0 Å². The second-order valence-corrected chi connectivity index (χ2v) is 6.33. The molecule has 0 aliphatic rings. The Kier molecular flexibility index (Phi) is 3.91. The van der Waals surface area contributed by atoms with Gasteiger partial charge in [0.1, 0.15) is 0 Å². The molecule has 8 heteroatoms. The Morgan fingerprint density at radius 1 is 1.26 bits per heavy atom. The van der Waals surface area contributed by atoms with E-state index in [0.717, 1.165) is 21.7 Å². The number of nitrogens with one attached hydrogen (secondary N) is 2. The number of carbonyl (C=O) groups is 1. The topological polar surface area (TPSA) is 81.0 Å². The highest BCUT2D eigenvalue weighted by atomic mass is 32.1. The number of carbonyl (C=O) groups excluding carboxylic acids is 1. The van der Waals surface area contributed by atoms with E-state index in [9.17, 15) is 9.59 Å². The van der Waals surface area contributed by atoms with Crippen LogP contribution in [0.4, 0.5) is 10.5 Å². The van der Waals surface area contributed by atoms with Crippen molar-refractivity contribution in [2.75, 3.05) is 5.32 Å². The van der Waals surface area contributed by atoms with E-state index in [2.05, 4.69) is 15.6 Å². The molecular weight excluding hydrogens is 314 g/mol. The van der Waals surface area contributed by atoms with Gasteiger partial charge < -0.3 is 10.6 Å². The van der Waals surface area contributed by atoms with Crippen molar-refractivity contribution < 1.29 is 4.79 Å². The van der Waals surface area contributed by atoms with Gasteiger partial charge in [0.15, 0.2) is 0 Å². The Labute approximate surface area is 136 Å². The lowest BCUT2D eigenvalue weighted by atomic mass is 10.2. The maximum absolute atomic E-state index is 12.0. The van der Waals surface area contributed by atoms with Crippen molar-refractivity contribution in [3.8, 4) is 0 Å². The van der Waals surface area contributed by atoms with Gasteiger partial charge in [-0.25, -0.2) is 14.6 Å². The Morgan fingerprint density at radius 2 is 2.00 bits per heavy atom. The number of imidazole rings is 1. The third-order valence-corrected chi connectivity index (χ3v) is 4.45. The van der Waals surface area contributed by atoms with Crippen molar-refractivity contribution in [3.05, 3.63) is 44.8 Å². The van der Waals surface area contributed by atoms with Gasteiger partial charge in [-0.1, -0.05) is 0 Å². The van der Waals surface area contributed by atoms with E-state index in [4.69, 9.17) is 0 Å². The third kappa shape index (κ3) is 2.98. The van der Waals surface area contributed by atoms with Crippen LogP contribution in [-0.4, -0.2) is 20.1 Å². The first-order chi connectivity index (χ1) is 11.0. The van der Waals surface area contributed by atoms with E-state index < -0.39 is 0 Å². The fourth-order valence-electron chi connectivity index (χ4n) is 2.42. The number of urea groups is 1. The summed E-state index contributed by atoms with van der Waals surface area (Å²) >= 11 is 1.55. The van der Waals surface area contributed by atoms with Gasteiger partial charge in [0, 0.05) is 25.2 Å². The molecule has 0 saturated carbocycles. The second-order valence-electron chi connectivity index (χ2n) is 5.27. The molecular formula is C15H17N5O2S. The Hall–Kier alpha value is -2.61. The average molecular weight is 331 g/mol. The molecule has 3 aromatic rings. The van der Waals surface area contributed by atoms with Gasteiger partial charge in [-0.05, 0) is 25.1 Å². The van der Waals surface area contributed by atoms with Crippen LogP contribution in [0.1, 0.15) is 10.7 Å². The van der Waals surface area contributed by atoms with Crippen LogP contribution in [0.5, 0.6) is 0 Å². The monoisotopic (exact) mass is 331 g/mol. The first-order valence-corrected chi connectivity index (χ1v) is 7.95. The van der Waals surface area contributed by atoms with Gasteiger partial charge in [-0.15, -0.1) is 11.3 Å². The predicted molar refractivity (Wildman–Crippen MR) is 90.9 cm³/mol. The molecule has 0 aliphatic heterocycles. The zero-order valence-electron chi connectivity index (χ0n) is 13.1. The third-order valence-electron chi connectivity index (χ3n) is 3.63. The highest BCUT2D eigenvalue weighted by Gasteiger charge is 2.09. The lowest BCUT2D eigenvalue weighted by Crippen LogP contribution is -2.28. The number of hydrogen-bond acceptors (Lipinski definition) is 4. The molecule has 23 heavy (non-hydrogen) atoms. The number of hydrogen-bond donors (Lipinski definition) is 2. The molecule has 2 heterocycles. The van der Waals surface area contributed by atoms with Crippen molar-refractivity contribution in [3.63, 3.8) is 0 Å². The largest absolute Gasteiger partial charge is 0.332 e. The molecule has 120 valence electrons. The van der Waals surface area contributed by atoms with Crippen molar-refractivity contribution in [1.82, 2.24) is 19.4 Å². The Bertz CT molecular complexity index is 937. The standard InChI is InChI=1S/C15H17N5O2S/c1-9-17-11(8-23-9)7-16-14(21)18-10-4-5-12-13(6-10)20(3)15(22)19(12)2/h4-6,8H,7H2,1-3H3,(H2,16,18,21). The number of amides is 2. The highest BCUT2D eigenvalue weighted by molar-refractivity contribution is 7.09. The number of rotatable bonds is 3. The lowest BCUT2D eigenvalue weighted by Gasteiger charge is -2.07. The Morgan fingerprint density at radius 3 is 2.70 bits per heavy atom. The fourth-order valence-corrected chi connectivity index (χ4v) is 3.03. The summed E-state index contributed by atoms with van der Waals surface area (Å²) in [7, 11) is 3.43. The van der Waals surface area contributed by atoms with Crippen LogP contribution in [0.3, 0.4) is 0 Å². The van der Waals surface area contributed by atoms with Crippen LogP contribution < -0.4 is 16.3 Å². The number of benzene rings is 1. The molecule has 0 atom stereocenters. The summed E-state index contributed by atoms with van der Waals surface area (Å²) in [4.78, 5) is 28.2. The van der Waals surface area contributed by atoms with Crippen LogP contribution in [0, 0.1) is 6.92 Å². The minimum Gasteiger partial charge on any atom is -0.332 e. The number of aryl methyl sites for hydroxylation is 3. The number of fused-ring (bicyclic) bond motifs is 1. The molecule has 0 saturated heterocycles. The summed E-state index contributed by atoms with van der Waals surface area (Å²) in [6.45, 7) is 2.30. The van der Waals surface area contributed by atoms with Crippen molar-refractivity contribution in [2.24, 2.45) is 14.1 Å². The predicted octanol–water partition coefficient (Wildman–Crippen LogP) is 1.96. The molecule has 0 spiro atoms. The minimum atomic E-state index is -0.309. The maximum atomic E-state index is 12.0. The van der Waals surface area contributed by atoms with E-state index >= 15 is 0 Å². The van der Waals surface area contributed by atoms with Crippen LogP contribution in [0.25, 0.3) is 11.0 Å². The Balaban J connectivity index is 1.72. The van der Waals surface area contributed by atoms with Crippen LogP contribution in [0.2, 0.25) is 0 Å². The summed E-state index contributed by atoms with van der Waals surface area (Å²) in [6, 6.07) is 5.06. The molecule has 2 aromatic heterocycles. The van der Waals surface area contributed by atoms with Gasteiger partial charge in [-0.3, -0.25) is 9.13 Å². The van der Waals surface area contributed by atoms with E-state index in [1.807, 2.05) is 18.4 Å². The molecule has 0 aliphatic carbocycles. The number of anilines is 1. The average Bonchev–Trinajstić information content (AvgIpc) is 3.04. The SMILES string of the molecule is Cc1nc(CNC(=O)Nc2ccc3c(c2)n(C)c(=O)n3C)cs1. The van der Waals surface area contributed by atoms with Gasteiger partial charge >= 0.3 is 11.7 Å². The smallest absolute Gasteiger partial charge is 0.328 e. The number of nitrogens with zero attached hydrogens (tertiary/aromatic N) is 3. The maximum Gasteiger partial charge on any atom is 0.328 e. The molecule has 2 amide bonds. The minimum absolute atomic E-state index is 0.0968. The molecule has 7 nitrogen and oxygen atoms in total. The van der Waals surface area contributed by atoms with E-state index in [0.29, 0.717) is 12.2 Å². The van der Waals surface area contributed by atoms with E-state index in [1.54, 1.807) is 46.7 Å². The number of thiazole rings is 1. The fraction of sp³-hybridized carbons (Fsp3) is 0.267. The first-order valence-electron chi connectivity index (χ1n) is 7.07. The van der Waals surface area contributed by atoms with Gasteiger partial charge in [0.2, 0.25) is 0 Å². The van der Waals surface area contributed by atoms with Gasteiger partial charge in [0.25, 0.3) is 0 Å². The quantitative estimate of drug-likeness (QED) is 0.770. The molecule has 3 rings (SSSR count). The normalized spacial score (nSPS) is 10.9. The van der Waals surface area contributed by atoms with Gasteiger partial charge in [0.05, 0.1) is 28.3 Å². The van der Waals surface area contributed by atoms with Crippen LogP contribution in [0.15, 0.2) is 28.4 Å². The zero-order chi connectivity index (χ0) is 16.6. The molecule has 0 bridgehead atoms. The molecule has 0 unspecified atom stereocenters. The van der Waals surface area contributed by atoms with E-state index in [1.165, 1.54) is 0 Å². The summed E-state index contributed by atoms with van der Waals surface area (Å²) in [5.74, 6) is 0. The summed E-state index contributed by atoms with van der Waals surface area (Å²) in [6.07, 6.45) is 0. The first kappa shape index (κ1) is 15.3.